The van der Waals surface area contributed by atoms with Gasteiger partial charge in [-0.2, -0.15) is 13.2 Å². The zero-order valence-electron chi connectivity index (χ0n) is 13.0. The van der Waals surface area contributed by atoms with E-state index in [1.807, 2.05) is 11.9 Å². The summed E-state index contributed by atoms with van der Waals surface area (Å²) in [5.74, 6) is 1.22. The molecule has 0 spiro atoms. The molecule has 0 aromatic rings. The summed E-state index contributed by atoms with van der Waals surface area (Å²) in [5.41, 5.74) is 0. The molecule has 3 atom stereocenters. The molecule has 5 heteroatoms. The summed E-state index contributed by atoms with van der Waals surface area (Å²) < 4.78 is 36.8. The van der Waals surface area contributed by atoms with Crippen LogP contribution in [0.3, 0.4) is 0 Å². The van der Waals surface area contributed by atoms with Crippen molar-refractivity contribution in [2.45, 2.75) is 58.2 Å². The molecular formula is C15H29F3N2. The second kappa shape index (κ2) is 8.23. The van der Waals surface area contributed by atoms with Crippen molar-refractivity contribution in [1.82, 2.24) is 10.2 Å². The van der Waals surface area contributed by atoms with Gasteiger partial charge in [0.2, 0.25) is 0 Å². The number of halogens is 3. The van der Waals surface area contributed by atoms with Crippen LogP contribution in [0.5, 0.6) is 0 Å². The topological polar surface area (TPSA) is 15.3 Å². The molecule has 0 amide bonds. The number of rotatable bonds is 7. The minimum Gasteiger partial charge on any atom is -0.314 e. The predicted octanol–water partition coefficient (Wildman–Crippen LogP) is 3.68. The van der Waals surface area contributed by atoms with E-state index in [2.05, 4.69) is 19.2 Å². The van der Waals surface area contributed by atoms with Gasteiger partial charge in [-0.3, -0.25) is 0 Å². The van der Waals surface area contributed by atoms with Crippen LogP contribution in [0.25, 0.3) is 0 Å². The second-order valence-corrected chi connectivity index (χ2v) is 6.14. The summed E-state index contributed by atoms with van der Waals surface area (Å²) in [5, 5.41) is 3.51. The average molecular weight is 294 g/mol. The van der Waals surface area contributed by atoms with Crippen molar-refractivity contribution in [3.63, 3.8) is 0 Å². The van der Waals surface area contributed by atoms with Crippen LogP contribution < -0.4 is 5.32 Å². The van der Waals surface area contributed by atoms with Crippen molar-refractivity contribution in [2.75, 3.05) is 26.7 Å². The van der Waals surface area contributed by atoms with Crippen LogP contribution >= 0.6 is 0 Å². The number of hydrogen-bond donors (Lipinski definition) is 1. The van der Waals surface area contributed by atoms with Crippen molar-refractivity contribution in [3.05, 3.63) is 0 Å². The van der Waals surface area contributed by atoms with E-state index in [1.165, 1.54) is 12.8 Å². The standard InChI is InChI=1S/C15H29F3N2/c1-4-12-6-7-14(19-5-2)13(10-12)11-20(3)9-8-15(16,17)18/h12-14,19H,4-11H2,1-3H3. The van der Waals surface area contributed by atoms with Gasteiger partial charge in [0.15, 0.2) is 0 Å². The van der Waals surface area contributed by atoms with Gasteiger partial charge >= 0.3 is 6.18 Å². The molecule has 20 heavy (non-hydrogen) atoms. The van der Waals surface area contributed by atoms with Gasteiger partial charge in [0.25, 0.3) is 0 Å². The highest BCUT2D eigenvalue weighted by molar-refractivity contribution is 4.85. The van der Waals surface area contributed by atoms with Crippen LogP contribution in [-0.4, -0.2) is 43.8 Å². The molecule has 1 aliphatic carbocycles. The SMILES string of the molecule is CCNC1CCC(CC)CC1CN(C)CCC(F)(F)F. The third kappa shape index (κ3) is 6.44. The fourth-order valence-corrected chi connectivity index (χ4v) is 3.27. The monoisotopic (exact) mass is 294 g/mol. The van der Waals surface area contributed by atoms with E-state index in [0.717, 1.165) is 31.8 Å². The zero-order chi connectivity index (χ0) is 15.2. The Labute approximate surface area is 121 Å². The van der Waals surface area contributed by atoms with E-state index in [0.29, 0.717) is 12.0 Å². The van der Waals surface area contributed by atoms with E-state index < -0.39 is 12.6 Å². The molecule has 0 radical (unpaired) electrons. The third-order valence-electron chi connectivity index (χ3n) is 4.46. The molecule has 0 heterocycles. The molecule has 2 nitrogen and oxygen atoms in total. The average Bonchev–Trinajstić information content (AvgIpc) is 2.38. The lowest BCUT2D eigenvalue weighted by Crippen LogP contribution is -2.45. The summed E-state index contributed by atoms with van der Waals surface area (Å²) in [6, 6.07) is 0.469. The molecule has 1 rings (SSSR count). The third-order valence-corrected chi connectivity index (χ3v) is 4.46. The first kappa shape index (κ1) is 17.8. The van der Waals surface area contributed by atoms with Crippen molar-refractivity contribution in [2.24, 2.45) is 11.8 Å². The van der Waals surface area contributed by atoms with Crippen LogP contribution in [0.15, 0.2) is 0 Å². The molecule has 1 N–H and O–H groups in total. The summed E-state index contributed by atoms with van der Waals surface area (Å²) >= 11 is 0. The van der Waals surface area contributed by atoms with Crippen LogP contribution in [0.1, 0.15) is 46.0 Å². The van der Waals surface area contributed by atoms with E-state index in [1.54, 1.807) is 0 Å². The van der Waals surface area contributed by atoms with Crippen LogP contribution in [0.4, 0.5) is 13.2 Å². The molecule has 1 aliphatic rings. The van der Waals surface area contributed by atoms with E-state index in [4.69, 9.17) is 0 Å². The molecule has 0 saturated heterocycles. The van der Waals surface area contributed by atoms with Gasteiger partial charge in [0.1, 0.15) is 0 Å². The summed E-state index contributed by atoms with van der Waals surface area (Å²) in [7, 11) is 1.81. The van der Waals surface area contributed by atoms with E-state index >= 15 is 0 Å². The Morgan fingerprint density at radius 1 is 1.20 bits per heavy atom. The molecule has 1 fully saturated rings. The Bertz CT molecular complexity index is 268. The van der Waals surface area contributed by atoms with Gasteiger partial charge in [-0.25, -0.2) is 0 Å². The minimum absolute atomic E-state index is 0.107. The fraction of sp³-hybridized carbons (Fsp3) is 1.00. The van der Waals surface area contributed by atoms with Crippen LogP contribution in [0.2, 0.25) is 0 Å². The zero-order valence-corrected chi connectivity index (χ0v) is 13.0. The van der Waals surface area contributed by atoms with Gasteiger partial charge < -0.3 is 10.2 Å². The lowest BCUT2D eigenvalue weighted by molar-refractivity contribution is -0.137. The molecule has 3 unspecified atom stereocenters. The Morgan fingerprint density at radius 2 is 1.90 bits per heavy atom. The Kier molecular flexibility index (Phi) is 7.30. The van der Waals surface area contributed by atoms with Crippen LogP contribution in [-0.2, 0) is 0 Å². The smallest absolute Gasteiger partial charge is 0.314 e. The molecular weight excluding hydrogens is 265 g/mol. The number of hydrogen-bond acceptors (Lipinski definition) is 2. The Balaban J connectivity index is 2.46. The number of nitrogens with one attached hydrogen (secondary N) is 1. The van der Waals surface area contributed by atoms with Crippen molar-refractivity contribution in [1.29, 1.82) is 0 Å². The normalized spacial score (nSPS) is 28.1. The molecule has 0 bridgehead atoms. The molecule has 0 aromatic heterocycles. The lowest BCUT2D eigenvalue weighted by Gasteiger charge is -2.38. The van der Waals surface area contributed by atoms with Crippen molar-refractivity contribution >= 4 is 0 Å². The molecule has 0 aromatic carbocycles. The summed E-state index contributed by atoms with van der Waals surface area (Å²) in [6.45, 7) is 6.11. The quantitative estimate of drug-likeness (QED) is 0.770. The maximum Gasteiger partial charge on any atom is 0.390 e. The first-order valence-corrected chi connectivity index (χ1v) is 7.84. The molecule has 120 valence electrons. The highest BCUT2D eigenvalue weighted by Crippen LogP contribution is 2.32. The fourth-order valence-electron chi connectivity index (χ4n) is 3.27. The molecule has 1 saturated carbocycles. The Hall–Kier alpha value is -0.290. The highest BCUT2D eigenvalue weighted by Gasteiger charge is 2.31. The molecule has 0 aliphatic heterocycles. The van der Waals surface area contributed by atoms with Gasteiger partial charge in [-0.15, -0.1) is 0 Å². The van der Waals surface area contributed by atoms with E-state index in [9.17, 15) is 13.2 Å². The largest absolute Gasteiger partial charge is 0.390 e. The highest BCUT2D eigenvalue weighted by atomic mass is 19.4. The van der Waals surface area contributed by atoms with Crippen molar-refractivity contribution in [3.8, 4) is 0 Å². The van der Waals surface area contributed by atoms with Gasteiger partial charge in [0.05, 0.1) is 6.42 Å². The first-order valence-electron chi connectivity index (χ1n) is 7.84. The number of alkyl halides is 3. The first-order chi connectivity index (χ1) is 9.35. The Morgan fingerprint density at radius 3 is 2.45 bits per heavy atom. The van der Waals surface area contributed by atoms with Gasteiger partial charge in [-0.1, -0.05) is 20.3 Å². The van der Waals surface area contributed by atoms with Crippen LogP contribution in [0, 0.1) is 11.8 Å². The second-order valence-electron chi connectivity index (χ2n) is 6.14. The number of nitrogens with zero attached hydrogens (tertiary/aromatic N) is 1. The maximum atomic E-state index is 12.3. The van der Waals surface area contributed by atoms with Gasteiger partial charge in [0, 0.05) is 19.1 Å². The summed E-state index contributed by atoms with van der Waals surface area (Å²) in [4.78, 5) is 1.85. The predicted molar refractivity (Wildman–Crippen MR) is 76.8 cm³/mol. The van der Waals surface area contributed by atoms with Gasteiger partial charge in [-0.05, 0) is 44.7 Å². The van der Waals surface area contributed by atoms with E-state index in [-0.39, 0.29) is 6.54 Å². The van der Waals surface area contributed by atoms with Crippen molar-refractivity contribution < 1.29 is 13.2 Å². The summed E-state index contributed by atoms with van der Waals surface area (Å²) in [6.07, 6.45) is -0.0274. The maximum absolute atomic E-state index is 12.3. The minimum atomic E-state index is -4.05. The lowest BCUT2D eigenvalue weighted by atomic mass is 9.76.